The molecule has 0 unspecified atom stereocenters. The zero-order chi connectivity index (χ0) is 21.3. The molecule has 2 heterocycles. The Hall–Kier alpha value is -2.78. The van der Waals surface area contributed by atoms with Gasteiger partial charge < -0.3 is 0 Å². The monoisotopic (exact) mass is 430 g/mol. The van der Waals surface area contributed by atoms with Gasteiger partial charge in [-0.25, -0.2) is 27.3 Å². The molecule has 0 atom stereocenters. The Morgan fingerprint density at radius 3 is 2.43 bits per heavy atom. The van der Waals surface area contributed by atoms with Gasteiger partial charge in [0, 0.05) is 19.5 Å². The van der Waals surface area contributed by atoms with Crippen LogP contribution in [0.25, 0.3) is 5.69 Å². The highest BCUT2D eigenvalue weighted by Gasteiger charge is 2.30. The van der Waals surface area contributed by atoms with Crippen LogP contribution in [0.4, 0.5) is 4.39 Å². The predicted octanol–water partition coefficient (Wildman–Crippen LogP) is 2.65. The summed E-state index contributed by atoms with van der Waals surface area (Å²) in [5.74, 6) is 0.392. The van der Waals surface area contributed by atoms with Crippen LogP contribution in [0, 0.1) is 18.7 Å². The molecule has 0 aliphatic carbocycles. The SMILES string of the molecule is Cc1ccccc1-n1c(CC2CCN(S(=O)(=O)c3ccc(F)cc3)CC2)n[nH]c1=O. The molecule has 1 aliphatic heterocycles. The summed E-state index contributed by atoms with van der Waals surface area (Å²) in [6.07, 6.45) is 1.90. The van der Waals surface area contributed by atoms with Crippen molar-refractivity contribution in [2.24, 2.45) is 5.92 Å². The Kier molecular flexibility index (Phi) is 5.57. The number of benzene rings is 2. The first-order chi connectivity index (χ1) is 14.4. The molecule has 0 radical (unpaired) electrons. The van der Waals surface area contributed by atoms with Crippen molar-refractivity contribution in [2.75, 3.05) is 13.1 Å². The van der Waals surface area contributed by atoms with Crippen LogP contribution in [0.2, 0.25) is 0 Å². The fourth-order valence-electron chi connectivity index (χ4n) is 3.90. The highest BCUT2D eigenvalue weighted by atomic mass is 32.2. The number of aromatic amines is 1. The zero-order valence-corrected chi connectivity index (χ0v) is 17.4. The molecule has 1 aromatic heterocycles. The van der Waals surface area contributed by atoms with Crippen LogP contribution in [-0.2, 0) is 16.4 Å². The predicted molar refractivity (Wildman–Crippen MR) is 111 cm³/mol. The van der Waals surface area contributed by atoms with Crippen LogP contribution in [0.3, 0.4) is 0 Å². The van der Waals surface area contributed by atoms with Crippen molar-refractivity contribution in [3.63, 3.8) is 0 Å². The van der Waals surface area contributed by atoms with Crippen molar-refractivity contribution < 1.29 is 12.8 Å². The summed E-state index contributed by atoms with van der Waals surface area (Å²) in [5.41, 5.74) is 1.49. The first-order valence-electron chi connectivity index (χ1n) is 9.84. The summed E-state index contributed by atoms with van der Waals surface area (Å²) in [7, 11) is -3.64. The molecule has 9 heteroatoms. The van der Waals surface area contributed by atoms with Gasteiger partial charge in [0.25, 0.3) is 0 Å². The van der Waals surface area contributed by atoms with Gasteiger partial charge in [0.1, 0.15) is 11.6 Å². The van der Waals surface area contributed by atoms with Gasteiger partial charge in [-0.05, 0) is 61.6 Å². The second kappa shape index (κ2) is 8.16. The van der Waals surface area contributed by atoms with Gasteiger partial charge in [0.2, 0.25) is 10.0 Å². The lowest BCUT2D eigenvalue weighted by atomic mass is 9.94. The number of aryl methyl sites for hydroxylation is 1. The quantitative estimate of drug-likeness (QED) is 0.674. The highest BCUT2D eigenvalue weighted by molar-refractivity contribution is 7.89. The molecule has 0 bridgehead atoms. The van der Waals surface area contributed by atoms with Crippen LogP contribution in [0.5, 0.6) is 0 Å². The molecule has 1 aliphatic rings. The molecule has 7 nitrogen and oxygen atoms in total. The fraction of sp³-hybridized carbons (Fsp3) is 0.333. The van der Waals surface area contributed by atoms with E-state index in [9.17, 15) is 17.6 Å². The number of H-pyrrole nitrogens is 1. The maximum absolute atomic E-state index is 13.1. The maximum Gasteiger partial charge on any atom is 0.347 e. The molecule has 4 rings (SSSR count). The van der Waals surface area contributed by atoms with Crippen LogP contribution in [-0.4, -0.2) is 40.6 Å². The van der Waals surface area contributed by atoms with E-state index < -0.39 is 15.8 Å². The second-order valence-electron chi connectivity index (χ2n) is 7.57. The molecule has 0 spiro atoms. The number of para-hydroxylation sites is 1. The van der Waals surface area contributed by atoms with Crippen LogP contribution < -0.4 is 5.69 Å². The van der Waals surface area contributed by atoms with Gasteiger partial charge in [-0.2, -0.15) is 9.40 Å². The van der Waals surface area contributed by atoms with Gasteiger partial charge in [-0.1, -0.05) is 18.2 Å². The number of hydrogen-bond donors (Lipinski definition) is 1. The number of hydrogen-bond acceptors (Lipinski definition) is 4. The molecular formula is C21H23FN4O3S. The minimum absolute atomic E-state index is 0.100. The molecule has 1 saturated heterocycles. The first kappa shape index (κ1) is 20.5. The number of piperidine rings is 1. The van der Waals surface area contributed by atoms with E-state index in [0.717, 1.165) is 23.4 Å². The average molecular weight is 431 g/mol. The molecule has 1 N–H and O–H groups in total. The van der Waals surface area contributed by atoms with E-state index in [0.29, 0.717) is 38.2 Å². The number of aromatic nitrogens is 3. The number of nitrogens with zero attached hydrogens (tertiary/aromatic N) is 3. The van der Waals surface area contributed by atoms with Crippen molar-refractivity contribution in [1.82, 2.24) is 19.1 Å². The third-order valence-corrected chi connectivity index (χ3v) is 7.51. The first-order valence-corrected chi connectivity index (χ1v) is 11.3. The molecule has 3 aromatic rings. The summed E-state index contributed by atoms with van der Waals surface area (Å²) >= 11 is 0. The fourth-order valence-corrected chi connectivity index (χ4v) is 5.37. The van der Waals surface area contributed by atoms with Crippen molar-refractivity contribution in [1.29, 1.82) is 0 Å². The number of rotatable bonds is 5. The minimum Gasteiger partial charge on any atom is -0.247 e. The topological polar surface area (TPSA) is 88.1 Å². The van der Waals surface area contributed by atoms with Crippen molar-refractivity contribution in [2.45, 2.75) is 31.1 Å². The van der Waals surface area contributed by atoms with E-state index in [1.165, 1.54) is 16.4 Å². The molecule has 0 amide bonds. The smallest absolute Gasteiger partial charge is 0.247 e. The lowest BCUT2D eigenvalue weighted by molar-refractivity contribution is 0.269. The van der Waals surface area contributed by atoms with Crippen molar-refractivity contribution >= 4 is 10.0 Å². The lowest BCUT2D eigenvalue weighted by Crippen LogP contribution is -2.39. The third kappa shape index (κ3) is 3.95. The van der Waals surface area contributed by atoms with Gasteiger partial charge in [-0.15, -0.1) is 0 Å². The van der Waals surface area contributed by atoms with E-state index in [1.807, 2.05) is 31.2 Å². The minimum atomic E-state index is -3.64. The standard InChI is InChI=1S/C21H23FN4O3S/c1-15-4-2-3-5-19(15)26-20(23-24-21(26)27)14-16-10-12-25(13-11-16)30(28,29)18-8-6-17(22)7-9-18/h2-9,16H,10-14H2,1H3,(H,24,27). The summed E-state index contributed by atoms with van der Waals surface area (Å²) in [6, 6.07) is 12.5. The van der Waals surface area contributed by atoms with Gasteiger partial charge >= 0.3 is 5.69 Å². The van der Waals surface area contributed by atoms with E-state index in [2.05, 4.69) is 10.2 Å². The molecule has 158 valence electrons. The normalized spacial score (nSPS) is 16.1. The molecule has 30 heavy (non-hydrogen) atoms. The maximum atomic E-state index is 13.1. The van der Waals surface area contributed by atoms with Crippen molar-refractivity contribution in [3.05, 3.63) is 76.2 Å². The zero-order valence-electron chi connectivity index (χ0n) is 16.6. The largest absolute Gasteiger partial charge is 0.347 e. The molecule has 1 fully saturated rings. The summed E-state index contributed by atoms with van der Waals surface area (Å²) in [4.78, 5) is 12.4. The summed E-state index contributed by atoms with van der Waals surface area (Å²) < 4.78 is 41.7. The van der Waals surface area contributed by atoms with Gasteiger partial charge in [0.15, 0.2) is 0 Å². The Labute approximate surface area is 174 Å². The number of sulfonamides is 1. The Morgan fingerprint density at radius 2 is 1.77 bits per heavy atom. The van der Waals surface area contributed by atoms with E-state index >= 15 is 0 Å². The number of nitrogens with one attached hydrogen (secondary N) is 1. The van der Waals surface area contributed by atoms with Crippen LogP contribution in [0.15, 0.2) is 58.2 Å². The Morgan fingerprint density at radius 1 is 1.10 bits per heavy atom. The molecular weight excluding hydrogens is 407 g/mol. The lowest BCUT2D eigenvalue weighted by Gasteiger charge is -2.31. The van der Waals surface area contributed by atoms with E-state index in [4.69, 9.17) is 0 Å². The van der Waals surface area contributed by atoms with E-state index in [-0.39, 0.29) is 16.5 Å². The van der Waals surface area contributed by atoms with Crippen LogP contribution >= 0.6 is 0 Å². The van der Waals surface area contributed by atoms with Gasteiger partial charge in [-0.3, -0.25) is 0 Å². The van der Waals surface area contributed by atoms with E-state index in [1.54, 1.807) is 4.57 Å². The van der Waals surface area contributed by atoms with Gasteiger partial charge in [0.05, 0.1) is 10.6 Å². The molecule has 0 saturated carbocycles. The van der Waals surface area contributed by atoms with Crippen molar-refractivity contribution in [3.8, 4) is 5.69 Å². The second-order valence-corrected chi connectivity index (χ2v) is 9.51. The number of halogens is 1. The average Bonchev–Trinajstić information content (AvgIpc) is 3.09. The molecule has 2 aromatic carbocycles. The summed E-state index contributed by atoms with van der Waals surface area (Å²) in [6.45, 7) is 2.70. The third-order valence-electron chi connectivity index (χ3n) is 5.59. The Bertz CT molecular complexity index is 1190. The highest BCUT2D eigenvalue weighted by Crippen LogP contribution is 2.26. The Balaban J connectivity index is 1.47. The van der Waals surface area contributed by atoms with Crippen LogP contribution in [0.1, 0.15) is 24.2 Å². The summed E-state index contributed by atoms with van der Waals surface area (Å²) in [5, 5.41) is 6.74.